The summed E-state index contributed by atoms with van der Waals surface area (Å²) >= 11 is 0. The van der Waals surface area contributed by atoms with Crippen molar-refractivity contribution in [2.24, 2.45) is 4.99 Å². The van der Waals surface area contributed by atoms with Crippen molar-refractivity contribution in [1.82, 2.24) is 4.90 Å². The molecule has 0 aliphatic heterocycles. The van der Waals surface area contributed by atoms with Gasteiger partial charge in [0.25, 0.3) is 0 Å². The molecule has 28 heavy (non-hydrogen) atoms. The van der Waals surface area contributed by atoms with Gasteiger partial charge in [0.1, 0.15) is 0 Å². The minimum atomic E-state index is 0.185. The van der Waals surface area contributed by atoms with Crippen molar-refractivity contribution in [3.05, 3.63) is 42.1 Å². The van der Waals surface area contributed by atoms with Gasteiger partial charge in [0, 0.05) is 29.8 Å². The number of benzene rings is 1. The quantitative estimate of drug-likeness (QED) is 0.231. The number of unbranched alkanes of at least 4 members (excludes halogenated alkanes) is 2. The Kier molecular flexibility index (Phi) is 12.1. The first kappa shape index (κ1) is 24.1. The second kappa shape index (κ2) is 14.1. The molecule has 0 bridgehead atoms. The molecule has 0 saturated carbocycles. The third kappa shape index (κ3) is 7.97. The minimum absolute atomic E-state index is 0.185. The summed E-state index contributed by atoms with van der Waals surface area (Å²) in [4.78, 5) is 20.0. The van der Waals surface area contributed by atoms with E-state index in [1.54, 1.807) is 6.20 Å². The number of Topliss-reactive ketones (excluding diaryl/α,β-unsaturated/α-hetero) is 1. The topological polar surface area (TPSA) is 44.7 Å². The van der Waals surface area contributed by atoms with Crippen LogP contribution in [-0.4, -0.2) is 42.6 Å². The Hall–Kier alpha value is -1.94. The van der Waals surface area contributed by atoms with Gasteiger partial charge in [-0.15, -0.1) is 0 Å². The summed E-state index contributed by atoms with van der Waals surface area (Å²) in [5.74, 6) is 0.185. The van der Waals surface area contributed by atoms with E-state index in [1.165, 1.54) is 0 Å². The number of ketones is 1. The Morgan fingerprint density at radius 3 is 2.36 bits per heavy atom. The molecule has 0 aliphatic rings. The summed E-state index contributed by atoms with van der Waals surface area (Å²) in [7, 11) is 0. The number of aliphatic imine (C=N–C) groups is 1. The normalized spacial score (nSPS) is 11.7. The molecular formula is C24H39N3O. The molecule has 0 radical (unpaired) electrons. The van der Waals surface area contributed by atoms with Gasteiger partial charge >= 0.3 is 0 Å². The van der Waals surface area contributed by atoms with Crippen molar-refractivity contribution in [1.29, 1.82) is 0 Å². The van der Waals surface area contributed by atoms with Crippen LogP contribution < -0.4 is 5.32 Å². The van der Waals surface area contributed by atoms with E-state index < -0.39 is 0 Å². The Bertz CT molecular complexity index is 631. The molecule has 0 aliphatic carbocycles. The average Bonchev–Trinajstić information content (AvgIpc) is 2.68. The van der Waals surface area contributed by atoms with Crippen molar-refractivity contribution in [2.45, 2.75) is 66.2 Å². The van der Waals surface area contributed by atoms with Crippen molar-refractivity contribution < 1.29 is 4.79 Å². The molecule has 0 saturated heterocycles. The molecule has 0 unspecified atom stereocenters. The van der Waals surface area contributed by atoms with Crippen LogP contribution >= 0.6 is 0 Å². The monoisotopic (exact) mass is 385 g/mol. The molecule has 0 aromatic heterocycles. The van der Waals surface area contributed by atoms with E-state index >= 15 is 0 Å². The maximum atomic E-state index is 12.7. The molecule has 1 rings (SSSR count). The van der Waals surface area contributed by atoms with Gasteiger partial charge < -0.3 is 10.2 Å². The number of para-hydroxylation sites is 1. The molecule has 156 valence electrons. The summed E-state index contributed by atoms with van der Waals surface area (Å²) in [6.45, 7) is 16.4. The number of hydrogen-bond donors (Lipinski definition) is 1. The predicted octanol–water partition coefficient (Wildman–Crippen LogP) is 5.94. The van der Waals surface area contributed by atoms with Crippen LogP contribution in [-0.2, 0) is 0 Å². The maximum absolute atomic E-state index is 12.7. The highest BCUT2D eigenvalue weighted by molar-refractivity contribution is 6.10. The number of carbonyl (C=O) groups is 1. The highest BCUT2D eigenvalue weighted by Gasteiger charge is 2.15. The van der Waals surface area contributed by atoms with E-state index in [2.05, 4.69) is 37.6 Å². The van der Waals surface area contributed by atoms with Crippen LogP contribution in [0, 0.1) is 0 Å². The first-order chi connectivity index (χ1) is 13.6. The summed E-state index contributed by atoms with van der Waals surface area (Å²) in [6.07, 6.45) is 7.69. The molecular weight excluding hydrogens is 346 g/mol. The second-order valence-corrected chi connectivity index (χ2v) is 7.27. The second-order valence-electron chi connectivity index (χ2n) is 7.27. The first-order valence-electron chi connectivity index (χ1n) is 10.9. The first-order valence-corrected chi connectivity index (χ1v) is 10.9. The van der Waals surface area contributed by atoms with Crippen LogP contribution in [0.2, 0.25) is 0 Å². The number of nitrogens with zero attached hydrogens (tertiary/aromatic N) is 2. The predicted molar refractivity (Wildman–Crippen MR) is 123 cm³/mol. The van der Waals surface area contributed by atoms with Gasteiger partial charge in [0.15, 0.2) is 5.78 Å². The van der Waals surface area contributed by atoms with Crippen molar-refractivity contribution >= 4 is 17.2 Å². The van der Waals surface area contributed by atoms with Crippen LogP contribution in [0.1, 0.15) is 82.1 Å². The van der Waals surface area contributed by atoms with Crippen molar-refractivity contribution in [2.75, 3.05) is 31.5 Å². The lowest BCUT2D eigenvalue weighted by atomic mass is 9.98. The molecule has 1 aromatic rings. The van der Waals surface area contributed by atoms with Gasteiger partial charge in [0.05, 0.1) is 12.2 Å². The lowest BCUT2D eigenvalue weighted by Gasteiger charge is -2.20. The standard InChI is InChI=1S/C24H39N3O/c1-6-10-11-15-23(28)22-14-12-13-21(24(22)25-9-4)20(5)26-16-19-27(17-7-2)18-8-3/h9,12-14,25H,4,6-8,10-11,15-19H2,1-3,5H3. The Labute approximate surface area is 172 Å². The number of rotatable bonds is 15. The fourth-order valence-electron chi connectivity index (χ4n) is 3.43. The zero-order valence-corrected chi connectivity index (χ0v) is 18.4. The third-order valence-corrected chi connectivity index (χ3v) is 4.85. The molecule has 4 nitrogen and oxygen atoms in total. The maximum Gasteiger partial charge on any atom is 0.164 e. The van der Waals surface area contributed by atoms with Crippen LogP contribution in [0.15, 0.2) is 36.0 Å². The lowest BCUT2D eigenvalue weighted by molar-refractivity contribution is 0.0980. The lowest BCUT2D eigenvalue weighted by Crippen LogP contribution is -2.28. The van der Waals surface area contributed by atoms with Gasteiger partial charge in [-0.05, 0) is 51.5 Å². The number of anilines is 1. The van der Waals surface area contributed by atoms with E-state index in [-0.39, 0.29) is 5.78 Å². The summed E-state index contributed by atoms with van der Waals surface area (Å²) < 4.78 is 0. The largest absolute Gasteiger partial charge is 0.361 e. The van der Waals surface area contributed by atoms with Crippen molar-refractivity contribution in [3.63, 3.8) is 0 Å². The van der Waals surface area contributed by atoms with E-state index in [4.69, 9.17) is 4.99 Å². The molecule has 0 heterocycles. The van der Waals surface area contributed by atoms with Crippen LogP contribution in [0.25, 0.3) is 0 Å². The van der Waals surface area contributed by atoms with Crippen LogP contribution in [0.4, 0.5) is 5.69 Å². The molecule has 0 atom stereocenters. The Morgan fingerprint density at radius 1 is 1.07 bits per heavy atom. The zero-order valence-electron chi connectivity index (χ0n) is 18.4. The van der Waals surface area contributed by atoms with Crippen LogP contribution in [0.5, 0.6) is 0 Å². The van der Waals surface area contributed by atoms with Crippen molar-refractivity contribution in [3.8, 4) is 0 Å². The SMILES string of the molecule is C=CNc1c(C(=O)CCCCC)cccc1C(C)=NCCN(CCC)CCC. The fourth-order valence-corrected chi connectivity index (χ4v) is 3.43. The Balaban J connectivity index is 2.96. The highest BCUT2D eigenvalue weighted by Crippen LogP contribution is 2.24. The molecule has 4 heteroatoms. The van der Waals surface area contributed by atoms with E-state index in [0.29, 0.717) is 6.42 Å². The third-order valence-electron chi connectivity index (χ3n) is 4.85. The molecule has 0 spiro atoms. The minimum Gasteiger partial charge on any atom is -0.361 e. The number of carbonyl (C=O) groups excluding carboxylic acids is 1. The fraction of sp³-hybridized carbons (Fsp3) is 0.583. The molecule has 0 amide bonds. The zero-order chi connectivity index (χ0) is 20.8. The number of hydrogen-bond acceptors (Lipinski definition) is 4. The van der Waals surface area contributed by atoms with Gasteiger partial charge in [-0.2, -0.15) is 0 Å². The number of nitrogens with one attached hydrogen (secondary N) is 1. The van der Waals surface area contributed by atoms with Gasteiger partial charge in [-0.25, -0.2) is 0 Å². The van der Waals surface area contributed by atoms with Gasteiger partial charge in [0.2, 0.25) is 0 Å². The summed E-state index contributed by atoms with van der Waals surface area (Å²) in [6, 6.07) is 5.89. The highest BCUT2D eigenvalue weighted by atomic mass is 16.1. The van der Waals surface area contributed by atoms with E-state index in [9.17, 15) is 4.79 Å². The van der Waals surface area contributed by atoms with Gasteiger partial charge in [-0.1, -0.05) is 52.3 Å². The molecule has 1 N–H and O–H groups in total. The van der Waals surface area contributed by atoms with Crippen LogP contribution in [0.3, 0.4) is 0 Å². The average molecular weight is 386 g/mol. The van der Waals surface area contributed by atoms with E-state index in [1.807, 2.05) is 25.1 Å². The smallest absolute Gasteiger partial charge is 0.164 e. The summed E-state index contributed by atoms with van der Waals surface area (Å²) in [5, 5.41) is 3.19. The van der Waals surface area contributed by atoms with E-state index in [0.717, 1.165) is 80.8 Å². The Morgan fingerprint density at radius 2 is 1.75 bits per heavy atom. The van der Waals surface area contributed by atoms with Gasteiger partial charge in [-0.3, -0.25) is 9.79 Å². The molecule has 0 fully saturated rings. The summed E-state index contributed by atoms with van der Waals surface area (Å²) in [5.41, 5.74) is 3.51. The molecule has 1 aromatic carbocycles.